The van der Waals surface area contributed by atoms with Crippen LogP contribution in [0.15, 0.2) is 42.5 Å². The maximum atomic E-state index is 13.1. The highest BCUT2D eigenvalue weighted by atomic mass is 19.2. The molecule has 0 saturated heterocycles. The van der Waals surface area contributed by atoms with Gasteiger partial charge in [-0.15, -0.1) is 0 Å². The third-order valence-corrected chi connectivity index (χ3v) is 2.98. The Morgan fingerprint density at radius 1 is 1.00 bits per heavy atom. The molecule has 106 valence electrons. The fraction of sp³-hybridized carbons (Fsp3) is 0.200. The topological polar surface area (TPSA) is 32.3 Å². The highest BCUT2D eigenvalue weighted by Gasteiger charge is 2.13. The number of halogens is 3. The highest BCUT2D eigenvalue weighted by Crippen LogP contribution is 2.16. The van der Waals surface area contributed by atoms with Gasteiger partial charge in [-0.3, -0.25) is 0 Å². The molecule has 2 aromatic rings. The zero-order valence-electron chi connectivity index (χ0n) is 10.6. The molecule has 0 aliphatic carbocycles. The lowest BCUT2D eigenvalue weighted by atomic mass is 10.1. The van der Waals surface area contributed by atoms with Crippen LogP contribution in [-0.2, 0) is 6.54 Å². The first-order chi connectivity index (χ1) is 9.61. The molecule has 0 radical (unpaired) electrons. The fourth-order valence-corrected chi connectivity index (χ4v) is 1.92. The summed E-state index contributed by atoms with van der Waals surface area (Å²) in [6.07, 6.45) is 0. The molecular formula is C15H14F3NO. The molecule has 2 nitrogen and oxygen atoms in total. The normalized spacial score (nSPS) is 12.4. The number of rotatable bonds is 5. The van der Waals surface area contributed by atoms with Gasteiger partial charge in [0.1, 0.15) is 0 Å². The molecular weight excluding hydrogens is 267 g/mol. The summed E-state index contributed by atoms with van der Waals surface area (Å²) in [5, 5.41) is 12.3. The van der Waals surface area contributed by atoms with Crippen molar-refractivity contribution < 1.29 is 18.3 Å². The predicted octanol–water partition coefficient (Wildman–Crippen LogP) is 2.93. The molecule has 0 unspecified atom stereocenters. The molecule has 0 aliphatic heterocycles. The van der Waals surface area contributed by atoms with Crippen LogP contribution in [0.3, 0.4) is 0 Å². The third kappa shape index (κ3) is 3.37. The van der Waals surface area contributed by atoms with Crippen LogP contribution in [0.5, 0.6) is 0 Å². The van der Waals surface area contributed by atoms with Crippen LogP contribution in [-0.4, -0.2) is 11.7 Å². The van der Waals surface area contributed by atoms with E-state index >= 15 is 0 Å². The van der Waals surface area contributed by atoms with Crippen LogP contribution in [0.1, 0.15) is 17.2 Å². The largest absolute Gasteiger partial charge is 0.394 e. The third-order valence-electron chi connectivity index (χ3n) is 2.98. The second-order valence-corrected chi connectivity index (χ2v) is 4.40. The van der Waals surface area contributed by atoms with Crippen molar-refractivity contribution in [3.05, 3.63) is 71.0 Å². The van der Waals surface area contributed by atoms with Crippen LogP contribution in [0.4, 0.5) is 13.2 Å². The summed E-state index contributed by atoms with van der Waals surface area (Å²) in [6.45, 7) is -0.0373. The first-order valence-electron chi connectivity index (χ1n) is 6.14. The minimum atomic E-state index is -1.48. The lowest BCUT2D eigenvalue weighted by molar-refractivity contribution is 0.243. The van der Waals surface area contributed by atoms with E-state index in [0.29, 0.717) is 0 Å². The van der Waals surface area contributed by atoms with E-state index in [-0.39, 0.29) is 24.8 Å². The van der Waals surface area contributed by atoms with Crippen LogP contribution in [0.2, 0.25) is 0 Å². The summed E-state index contributed by atoms with van der Waals surface area (Å²) in [4.78, 5) is 0. The minimum absolute atomic E-state index is 0.119. The Bertz CT molecular complexity index is 552. The van der Waals surface area contributed by atoms with Gasteiger partial charge in [-0.2, -0.15) is 0 Å². The molecule has 0 aromatic heterocycles. The van der Waals surface area contributed by atoms with E-state index in [9.17, 15) is 18.3 Å². The molecule has 20 heavy (non-hydrogen) atoms. The van der Waals surface area contributed by atoms with Gasteiger partial charge in [-0.05, 0) is 23.3 Å². The summed E-state index contributed by atoms with van der Waals surface area (Å²) in [5.74, 6) is -3.92. The van der Waals surface area contributed by atoms with Crippen molar-refractivity contribution in [3.63, 3.8) is 0 Å². The molecule has 0 bridgehead atoms. The first-order valence-corrected chi connectivity index (χ1v) is 6.14. The van der Waals surface area contributed by atoms with E-state index < -0.39 is 17.5 Å². The molecule has 1 atom stereocenters. The molecule has 5 heteroatoms. The average Bonchev–Trinajstić information content (AvgIpc) is 2.46. The monoisotopic (exact) mass is 281 g/mol. The van der Waals surface area contributed by atoms with Gasteiger partial charge >= 0.3 is 0 Å². The molecule has 2 aromatic carbocycles. The number of hydrogen-bond donors (Lipinski definition) is 2. The van der Waals surface area contributed by atoms with Crippen molar-refractivity contribution in [1.82, 2.24) is 5.32 Å². The quantitative estimate of drug-likeness (QED) is 0.826. The summed E-state index contributed by atoms with van der Waals surface area (Å²) in [5.41, 5.74) is 1.13. The van der Waals surface area contributed by atoms with Crippen LogP contribution in [0, 0.1) is 17.5 Å². The predicted molar refractivity (Wildman–Crippen MR) is 69.4 cm³/mol. The van der Waals surface area contributed by atoms with Crippen LogP contribution < -0.4 is 5.32 Å². The van der Waals surface area contributed by atoms with Crippen molar-refractivity contribution in [1.29, 1.82) is 0 Å². The molecule has 2 rings (SSSR count). The van der Waals surface area contributed by atoms with Gasteiger partial charge in [0.05, 0.1) is 12.6 Å². The molecule has 2 N–H and O–H groups in total. The summed E-state index contributed by atoms with van der Waals surface area (Å²) >= 11 is 0. The maximum absolute atomic E-state index is 13.1. The molecule has 0 fully saturated rings. The summed E-state index contributed by atoms with van der Waals surface area (Å²) in [7, 11) is 0. The maximum Gasteiger partial charge on any atom is 0.194 e. The first kappa shape index (κ1) is 14.6. The van der Waals surface area contributed by atoms with E-state index in [1.807, 2.05) is 30.3 Å². The van der Waals surface area contributed by atoms with Gasteiger partial charge in [-0.1, -0.05) is 30.3 Å². The smallest absolute Gasteiger partial charge is 0.194 e. The lowest BCUT2D eigenvalue weighted by Crippen LogP contribution is -2.24. The van der Waals surface area contributed by atoms with Crippen molar-refractivity contribution in [2.45, 2.75) is 12.6 Å². The summed E-state index contributed by atoms with van der Waals surface area (Å²) < 4.78 is 39.0. The Morgan fingerprint density at radius 2 is 1.60 bits per heavy atom. The molecule has 0 heterocycles. The lowest BCUT2D eigenvalue weighted by Gasteiger charge is -2.16. The fourth-order valence-electron chi connectivity index (χ4n) is 1.92. The second kappa shape index (κ2) is 6.54. The number of hydrogen-bond acceptors (Lipinski definition) is 2. The number of benzene rings is 2. The zero-order valence-corrected chi connectivity index (χ0v) is 10.6. The SMILES string of the molecule is OC[C@H](NCc1cc(F)c(F)c(F)c1)c1ccccc1. The van der Waals surface area contributed by atoms with E-state index in [4.69, 9.17) is 0 Å². The van der Waals surface area contributed by atoms with Crippen molar-refractivity contribution in [2.24, 2.45) is 0 Å². The van der Waals surface area contributed by atoms with Gasteiger partial charge in [0.2, 0.25) is 0 Å². The molecule has 0 aliphatic rings. The Labute approximate surface area is 114 Å². The van der Waals surface area contributed by atoms with E-state index in [0.717, 1.165) is 17.7 Å². The van der Waals surface area contributed by atoms with Crippen molar-refractivity contribution in [2.75, 3.05) is 6.61 Å². The van der Waals surface area contributed by atoms with E-state index in [2.05, 4.69) is 5.32 Å². The van der Waals surface area contributed by atoms with E-state index in [1.54, 1.807) is 0 Å². The van der Waals surface area contributed by atoms with Gasteiger partial charge < -0.3 is 10.4 Å². The van der Waals surface area contributed by atoms with Gasteiger partial charge in [-0.25, -0.2) is 13.2 Å². The average molecular weight is 281 g/mol. The Hall–Kier alpha value is -1.85. The molecule has 0 amide bonds. The second-order valence-electron chi connectivity index (χ2n) is 4.40. The molecule has 0 spiro atoms. The van der Waals surface area contributed by atoms with E-state index in [1.165, 1.54) is 0 Å². The summed E-state index contributed by atoms with van der Waals surface area (Å²) in [6, 6.07) is 10.7. The Kier molecular flexibility index (Phi) is 4.76. The Morgan fingerprint density at radius 3 is 2.15 bits per heavy atom. The zero-order chi connectivity index (χ0) is 14.5. The van der Waals surface area contributed by atoms with Crippen LogP contribution >= 0.6 is 0 Å². The highest BCUT2D eigenvalue weighted by molar-refractivity contribution is 5.21. The van der Waals surface area contributed by atoms with Gasteiger partial charge in [0, 0.05) is 6.54 Å². The van der Waals surface area contributed by atoms with Crippen molar-refractivity contribution >= 4 is 0 Å². The minimum Gasteiger partial charge on any atom is -0.394 e. The van der Waals surface area contributed by atoms with Gasteiger partial charge in [0.15, 0.2) is 17.5 Å². The number of nitrogens with one attached hydrogen (secondary N) is 1. The van der Waals surface area contributed by atoms with Crippen molar-refractivity contribution in [3.8, 4) is 0 Å². The van der Waals surface area contributed by atoms with Crippen LogP contribution in [0.25, 0.3) is 0 Å². The number of aliphatic hydroxyl groups is 1. The molecule has 0 saturated carbocycles. The Balaban J connectivity index is 2.07. The number of aliphatic hydroxyl groups excluding tert-OH is 1. The van der Waals surface area contributed by atoms with Gasteiger partial charge in [0.25, 0.3) is 0 Å². The standard InChI is InChI=1S/C15H14F3NO/c16-12-6-10(7-13(17)15(12)18)8-19-14(9-20)11-4-2-1-3-5-11/h1-7,14,19-20H,8-9H2/t14-/m0/s1.